The summed E-state index contributed by atoms with van der Waals surface area (Å²) in [5.74, 6) is -0.460. The molecule has 0 bridgehead atoms. The number of anilines is 1. The van der Waals surface area contributed by atoms with E-state index in [1.807, 2.05) is 12.1 Å². The van der Waals surface area contributed by atoms with E-state index in [0.29, 0.717) is 17.4 Å². The van der Waals surface area contributed by atoms with Crippen molar-refractivity contribution in [1.29, 1.82) is 0 Å². The summed E-state index contributed by atoms with van der Waals surface area (Å²) < 4.78 is 5.36. The number of hydrogen-bond acceptors (Lipinski definition) is 6. The molecule has 2 amide bonds. The maximum absolute atomic E-state index is 12.1. The Labute approximate surface area is 156 Å². The molecule has 0 aliphatic carbocycles. The van der Waals surface area contributed by atoms with Crippen LogP contribution in [0.2, 0.25) is 0 Å². The molecular formula is C18H22N4O3S. The van der Waals surface area contributed by atoms with Crippen molar-refractivity contribution in [3.05, 3.63) is 46.5 Å². The first kappa shape index (κ1) is 18.5. The standard InChI is InChI=1S/C18H22N4O3S/c1-13(23)20-18-21-16(12-26-18)17(24)19-10-14-2-4-15(5-3-14)11-22-6-8-25-9-7-22/h2-5,12H,6-11H2,1H3,(H,19,24)(H,20,21,23). The molecule has 1 aliphatic heterocycles. The molecule has 26 heavy (non-hydrogen) atoms. The number of ether oxygens (including phenoxy) is 1. The van der Waals surface area contributed by atoms with Crippen LogP contribution in [-0.4, -0.2) is 48.0 Å². The Morgan fingerprint density at radius 1 is 1.19 bits per heavy atom. The number of hydrogen-bond donors (Lipinski definition) is 2. The average molecular weight is 374 g/mol. The van der Waals surface area contributed by atoms with Crippen LogP contribution in [0.15, 0.2) is 29.6 Å². The van der Waals surface area contributed by atoms with Crippen LogP contribution in [-0.2, 0) is 22.6 Å². The van der Waals surface area contributed by atoms with E-state index >= 15 is 0 Å². The summed E-state index contributed by atoms with van der Waals surface area (Å²) in [6.45, 7) is 6.28. The fourth-order valence-corrected chi connectivity index (χ4v) is 3.38. The molecule has 1 fully saturated rings. The first-order valence-electron chi connectivity index (χ1n) is 8.49. The Balaban J connectivity index is 1.48. The first-order chi connectivity index (χ1) is 12.6. The van der Waals surface area contributed by atoms with Gasteiger partial charge in [0.05, 0.1) is 13.2 Å². The van der Waals surface area contributed by atoms with Crippen molar-refractivity contribution in [1.82, 2.24) is 15.2 Å². The van der Waals surface area contributed by atoms with Crippen LogP contribution < -0.4 is 10.6 Å². The Bertz CT molecular complexity index is 754. The number of amides is 2. The highest BCUT2D eigenvalue weighted by Gasteiger charge is 2.12. The molecule has 8 heteroatoms. The number of rotatable bonds is 6. The number of morpholine rings is 1. The molecule has 0 atom stereocenters. The minimum absolute atomic E-state index is 0.205. The quantitative estimate of drug-likeness (QED) is 0.806. The van der Waals surface area contributed by atoms with Gasteiger partial charge in [0.1, 0.15) is 5.69 Å². The van der Waals surface area contributed by atoms with E-state index in [1.54, 1.807) is 5.38 Å². The zero-order valence-corrected chi connectivity index (χ0v) is 15.5. The number of thiazole rings is 1. The second kappa shape index (κ2) is 8.88. The van der Waals surface area contributed by atoms with Crippen LogP contribution in [0.4, 0.5) is 5.13 Å². The number of carbonyl (C=O) groups excluding carboxylic acids is 2. The predicted molar refractivity (Wildman–Crippen MR) is 100 cm³/mol. The molecule has 7 nitrogen and oxygen atoms in total. The monoisotopic (exact) mass is 374 g/mol. The second-order valence-corrected chi connectivity index (χ2v) is 6.96. The van der Waals surface area contributed by atoms with E-state index in [9.17, 15) is 9.59 Å². The lowest BCUT2D eigenvalue weighted by Gasteiger charge is -2.26. The van der Waals surface area contributed by atoms with Crippen molar-refractivity contribution < 1.29 is 14.3 Å². The predicted octanol–water partition coefficient (Wildman–Crippen LogP) is 1.86. The average Bonchev–Trinajstić information content (AvgIpc) is 3.09. The molecule has 0 unspecified atom stereocenters. The van der Waals surface area contributed by atoms with E-state index in [-0.39, 0.29) is 11.8 Å². The van der Waals surface area contributed by atoms with Gasteiger partial charge in [-0.15, -0.1) is 11.3 Å². The van der Waals surface area contributed by atoms with Gasteiger partial charge in [0.15, 0.2) is 5.13 Å². The molecule has 1 aromatic heterocycles. The van der Waals surface area contributed by atoms with Gasteiger partial charge < -0.3 is 15.4 Å². The Hall–Kier alpha value is -2.29. The van der Waals surface area contributed by atoms with Gasteiger partial charge in [-0.2, -0.15) is 0 Å². The molecule has 1 saturated heterocycles. The van der Waals surface area contributed by atoms with Gasteiger partial charge in [0.2, 0.25) is 5.91 Å². The maximum atomic E-state index is 12.1. The Morgan fingerprint density at radius 2 is 1.88 bits per heavy atom. The summed E-state index contributed by atoms with van der Waals surface area (Å²) in [5.41, 5.74) is 2.59. The van der Waals surface area contributed by atoms with Gasteiger partial charge in [-0.25, -0.2) is 4.98 Å². The molecule has 2 heterocycles. The second-order valence-electron chi connectivity index (χ2n) is 6.11. The summed E-state index contributed by atoms with van der Waals surface area (Å²) in [6, 6.07) is 8.24. The molecule has 2 aromatic rings. The minimum atomic E-state index is -0.254. The van der Waals surface area contributed by atoms with E-state index in [2.05, 4.69) is 32.7 Å². The summed E-state index contributed by atoms with van der Waals surface area (Å²) in [4.78, 5) is 29.6. The molecule has 0 spiro atoms. The van der Waals surface area contributed by atoms with E-state index in [4.69, 9.17) is 4.74 Å². The largest absolute Gasteiger partial charge is 0.379 e. The first-order valence-corrected chi connectivity index (χ1v) is 9.37. The van der Waals surface area contributed by atoms with Crippen molar-refractivity contribution in [3.63, 3.8) is 0 Å². The number of nitrogens with one attached hydrogen (secondary N) is 2. The van der Waals surface area contributed by atoms with Crippen molar-refractivity contribution in [2.45, 2.75) is 20.0 Å². The van der Waals surface area contributed by atoms with Gasteiger partial charge in [-0.05, 0) is 11.1 Å². The third kappa shape index (κ3) is 5.35. The van der Waals surface area contributed by atoms with E-state index < -0.39 is 0 Å². The number of benzene rings is 1. The minimum Gasteiger partial charge on any atom is -0.379 e. The Kier molecular flexibility index (Phi) is 6.32. The zero-order valence-electron chi connectivity index (χ0n) is 14.7. The molecule has 2 N–H and O–H groups in total. The zero-order chi connectivity index (χ0) is 18.4. The van der Waals surface area contributed by atoms with Gasteiger partial charge in [0, 0.05) is 38.5 Å². The third-order valence-corrected chi connectivity index (χ3v) is 4.76. The van der Waals surface area contributed by atoms with Crippen LogP contribution in [0.3, 0.4) is 0 Å². The smallest absolute Gasteiger partial charge is 0.271 e. The van der Waals surface area contributed by atoms with E-state index in [1.165, 1.54) is 23.8 Å². The highest BCUT2D eigenvalue weighted by Crippen LogP contribution is 2.15. The van der Waals surface area contributed by atoms with Gasteiger partial charge >= 0.3 is 0 Å². The van der Waals surface area contributed by atoms with Crippen LogP contribution in [0, 0.1) is 0 Å². The number of carbonyl (C=O) groups is 2. The lowest BCUT2D eigenvalue weighted by Crippen LogP contribution is -2.35. The van der Waals surface area contributed by atoms with Crippen LogP contribution in [0.5, 0.6) is 0 Å². The van der Waals surface area contributed by atoms with Crippen molar-refractivity contribution >= 4 is 28.3 Å². The molecular weight excluding hydrogens is 352 g/mol. The fourth-order valence-electron chi connectivity index (χ4n) is 2.64. The number of aromatic nitrogens is 1. The highest BCUT2D eigenvalue weighted by atomic mass is 32.1. The molecule has 138 valence electrons. The van der Waals surface area contributed by atoms with Crippen molar-refractivity contribution in [2.75, 3.05) is 31.6 Å². The van der Waals surface area contributed by atoms with Gasteiger partial charge in [-0.1, -0.05) is 24.3 Å². The Morgan fingerprint density at radius 3 is 2.58 bits per heavy atom. The molecule has 0 saturated carbocycles. The molecule has 3 rings (SSSR count). The van der Waals surface area contributed by atoms with Crippen LogP contribution in [0.25, 0.3) is 0 Å². The lowest BCUT2D eigenvalue weighted by molar-refractivity contribution is -0.114. The van der Waals surface area contributed by atoms with Crippen molar-refractivity contribution in [3.8, 4) is 0 Å². The van der Waals surface area contributed by atoms with Crippen molar-refractivity contribution in [2.24, 2.45) is 0 Å². The maximum Gasteiger partial charge on any atom is 0.271 e. The SMILES string of the molecule is CC(=O)Nc1nc(C(=O)NCc2ccc(CN3CCOCC3)cc2)cs1. The highest BCUT2D eigenvalue weighted by molar-refractivity contribution is 7.14. The molecule has 1 aliphatic rings. The van der Waals surface area contributed by atoms with Gasteiger partial charge in [-0.3, -0.25) is 14.5 Å². The fraction of sp³-hybridized carbons (Fsp3) is 0.389. The van der Waals surface area contributed by atoms with Crippen LogP contribution in [0.1, 0.15) is 28.5 Å². The van der Waals surface area contributed by atoms with Gasteiger partial charge in [0.25, 0.3) is 5.91 Å². The normalized spacial score (nSPS) is 14.8. The van der Waals surface area contributed by atoms with E-state index in [0.717, 1.165) is 38.4 Å². The van der Waals surface area contributed by atoms with Crippen LogP contribution >= 0.6 is 11.3 Å². The molecule has 1 aromatic carbocycles. The third-order valence-electron chi connectivity index (χ3n) is 4.01. The summed E-state index contributed by atoms with van der Waals surface area (Å²) in [6.07, 6.45) is 0. The number of nitrogens with zero attached hydrogens (tertiary/aromatic N) is 2. The lowest BCUT2D eigenvalue weighted by atomic mass is 10.1. The summed E-state index contributed by atoms with van der Waals surface area (Å²) >= 11 is 1.23. The molecule has 0 radical (unpaired) electrons. The summed E-state index contributed by atoms with van der Waals surface area (Å²) in [5, 5.41) is 7.48. The topological polar surface area (TPSA) is 83.6 Å². The summed E-state index contributed by atoms with van der Waals surface area (Å²) in [7, 11) is 0.